The lowest BCUT2D eigenvalue weighted by Crippen LogP contribution is -2.38. The van der Waals surface area contributed by atoms with E-state index in [1.54, 1.807) is 13.0 Å². The first-order valence-corrected chi connectivity index (χ1v) is 9.50. The summed E-state index contributed by atoms with van der Waals surface area (Å²) in [5.74, 6) is -0.391. The third-order valence-electron chi connectivity index (χ3n) is 4.17. The number of hydrogen-bond donors (Lipinski definition) is 2. The summed E-state index contributed by atoms with van der Waals surface area (Å²) in [6, 6.07) is 4.29. The SMILES string of the molecule is Cc1ccc(F)cc1CC(=O)NCCS(=O)(=O)NCC1CCC1. The fourth-order valence-electron chi connectivity index (χ4n) is 2.40. The van der Waals surface area contributed by atoms with Crippen molar-refractivity contribution >= 4 is 15.9 Å². The van der Waals surface area contributed by atoms with Gasteiger partial charge in [0.05, 0.1) is 12.2 Å². The number of rotatable bonds is 8. The molecule has 1 saturated carbocycles. The van der Waals surface area contributed by atoms with Crippen LogP contribution < -0.4 is 10.0 Å². The molecule has 0 atom stereocenters. The Kier molecular flexibility index (Phi) is 6.12. The maximum Gasteiger partial charge on any atom is 0.224 e. The van der Waals surface area contributed by atoms with Gasteiger partial charge in [0.25, 0.3) is 0 Å². The molecule has 0 unspecified atom stereocenters. The third-order valence-corrected chi connectivity index (χ3v) is 5.52. The maximum atomic E-state index is 13.2. The normalized spacial score (nSPS) is 15.2. The number of nitrogens with one attached hydrogen (secondary N) is 2. The zero-order valence-electron chi connectivity index (χ0n) is 13.3. The highest BCUT2D eigenvalue weighted by atomic mass is 32.2. The Labute approximate surface area is 136 Å². The Hall–Kier alpha value is -1.47. The van der Waals surface area contributed by atoms with Gasteiger partial charge in [-0.1, -0.05) is 12.5 Å². The number of benzene rings is 1. The molecule has 23 heavy (non-hydrogen) atoms. The van der Waals surface area contributed by atoms with Gasteiger partial charge >= 0.3 is 0 Å². The van der Waals surface area contributed by atoms with Crippen LogP contribution in [0.25, 0.3) is 0 Å². The largest absolute Gasteiger partial charge is 0.355 e. The van der Waals surface area contributed by atoms with Crippen LogP contribution in [0.1, 0.15) is 30.4 Å². The zero-order chi connectivity index (χ0) is 16.9. The molecule has 0 radical (unpaired) electrons. The number of carbonyl (C=O) groups excluding carboxylic acids is 1. The van der Waals surface area contributed by atoms with Crippen molar-refractivity contribution in [3.63, 3.8) is 0 Å². The summed E-state index contributed by atoms with van der Waals surface area (Å²) in [7, 11) is -3.36. The Bertz CT molecular complexity index is 657. The fourth-order valence-corrected chi connectivity index (χ4v) is 3.41. The monoisotopic (exact) mass is 342 g/mol. The highest BCUT2D eigenvalue weighted by Gasteiger charge is 2.20. The van der Waals surface area contributed by atoms with Gasteiger partial charge < -0.3 is 5.32 Å². The topological polar surface area (TPSA) is 75.3 Å². The van der Waals surface area contributed by atoms with Gasteiger partial charge in [0.1, 0.15) is 5.82 Å². The van der Waals surface area contributed by atoms with E-state index in [1.165, 1.54) is 18.6 Å². The van der Waals surface area contributed by atoms with E-state index in [-0.39, 0.29) is 30.4 Å². The van der Waals surface area contributed by atoms with Crippen molar-refractivity contribution in [1.82, 2.24) is 10.0 Å². The standard InChI is InChI=1S/C16H23FN2O3S/c1-12-5-6-15(17)9-14(12)10-16(20)18-7-8-23(21,22)19-11-13-3-2-4-13/h5-6,9,13,19H,2-4,7-8,10-11H2,1H3,(H,18,20). The molecule has 0 aromatic heterocycles. The highest BCUT2D eigenvalue weighted by Crippen LogP contribution is 2.25. The van der Waals surface area contributed by atoms with Crippen molar-refractivity contribution in [3.05, 3.63) is 35.1 Å². The van der Waals surface area contributed by atoms with E-state index < -0.39 is 10.0 Å². The smallest absolute Gasteiger partial charge is 0.224 e. The van der Waals surface area contributed by atoms with Crippen LogP contribution >= 0.6 is 0 Å². The lowest BCUT2D eigenvalue weighted by atomic mass is 9.86. The molecule has 5 nitrogen and oxygen atoms in total. The second-order valence-electron chi connectivity index (χ2n) is 6.06. The summed E-state index contributed by atoms with van der Waals surface area (Å²) < 4.78 is 39.3. The third kappa shape index (κ3) is 5.91. The first kappa shape index (κ1) is 17.9. The summed E-state index contributed by atoms with van der Waals surface area (Å²) >= 11 is 0. The lowest BCUT2D eigenvalue weighted by molar-refractivity contribution is -0.120. The Morgan fingerprint density at radius 2 is 2.09 bits per heavy atom. The first-order chi connectivity index (χ1) is 10.9. The Balaban J connectivity index is 1.72. The fraction of sp³-hybridized carbons (Fsp3) is 0.562. The van der Waals surface area contributed by atoms with Gasteiger partial charge in [0.15, 0.2) is 0 Å². The van der Waals surface area contributed by atoms with E-state index in [9.17, 15) is 17.6 Å². The van der Waals surface area contributed by atoms with Gasteiger partial charge in [-0.3, -0.25) is 4.79 Å². The molecular weight excluding hydrogens is 319 g/mol. The Morgan fingerprint density at radius 3 is 2.74 bits per heavy atom. The van der Waals surface area contributed by atoms with Gasteiger partial charge in [-0.2, -0.15) is 0 Å². The van der Waals surface area contributed by atoms with Crippen LogP contribution in [0.4, 0.5) is 4.39 Å². The van der Waals surface area contributed by atoms with Gasteiger partial charge in [0, 0.05) is 13.1 Å². The molecule has 1 aromatic carbocycles. The number of sulfonamides is 1. The van der Waals surface area contributed by atoms with Crippen molar-refractivity contribution in [2.24, 2.45) is 5.92 Å². The number of hydrogen-bond acceptors (Lipinski definition) is 3. The van der Waals surface area contributed by atoms with Gasteiger partial charge in [-0.25, -0.2) is 17.5 Å². The number of aryl methyl sites for hydroxylation is 1. The molecule has 7 heteroatoms. The van der Waals surface area contributed by atoms with Crippen molar-refractivity contribution in [2.75, 3.05) is 18.8 Å². The van der Waals surface area contributed by atoms with E-state index in [4.69, 9.17) is 0 Å². The van der Waals surface area contributed by atoms with Crippen LogP contribution in [-0.2, 0) is 21.2 Å². The molecule has 1 amide bonds. The molecular formula is C16H23FN2O3S. The van der Waals surface area contributed by atoms with Gasteiger partial charge in [0.2, 0.25) is 15.9 Å². The summed E-state index contributed by atoms with van der Waals surface area (Å²) in [6.45, 7) is 2.34. The van der Waals surface area contributed by atoms with E-state index in [2.05, 4.69) is 10.0 Å². The first-order valence-electron chi connectivity index (χ1n) is 7.85. The maximum absolute atomic E-state index is 13.2. The van der Waals surface area contributed by atoms with Crippen LogP contribution in [0.5, 0.6) is 0 Å². The summed E-state index contributed by atoms with van der Waals surface area (Å²) in [6.07, 6.45) is 3.36. The van der Waals surface area contributed by atoms with E-state index in [0.29, 0.717) is 18.0 Å². The minimum absolute atomic E-state index is 0.0408. The van der Waals surface area contributed by atoms with Crippen LogP contribution in [0.2, 0.25) is 0 Å². The predicted molar refractivity (Wildman–Crippen MR) is 87.0 cm³/mol. The van der Waals surface area contributed by atoms with E-state index in [0.717, 1.165) is 18.4 Å². The molecule has 1 aliphatic rings. The van der Waals surface area contributed by atoms with Gasteiger partial charge in [-0.05, 0) is 48.9 Å². The van der Waals surface area contributed by atoms with Gasteiger partial charge in [-0.15, -0.1) is 0 Å². The Morgan fingerprint density at radius 1 is 1.35 bits per heavy atom. The highest BCUT2D eigenvalue weighted by molar-refractivity contribution is 7.89. The second-order valence-corrected chi connectivity index (χ2v) is 7.99. The number of carbonyl (C=O) groups is 1. The predicted octanol–water partition coefficient (Wildman–Crippen LogP) is 1.51. The van der Waals surface area contributed by atoms with E-state index in [1.807, 2.05) is 0 Å². The molecule has 0 heterocycles. The molecule has 1 aromatic rings. The molecule has 0 saturated heterocycles. The molecule has 1 fully saturated rings. The average Bonchev–Trinajstić information content (AvgIpc) is 2.40. The van der Waals surface area contributed by atoms with Crippen LogP contribution in [0.15, 0.2) is 18.2 Å². The van der Waals surface area contributed by atoms with Crippen molar-refractivity contribution < 1.29 is 17.6 Å². The molecule has 0 aliphatic heterocycles. The summed E-state index contributed by atoms with van der Waals surface area (Å²) in [5.41, 5.74) is 1.44. The second kappa shape index (κ2) is 7.88. The van der Waals surface area contributed by atoms with Crippen molar-refractivity contribution in [3.8, 4) is 0 Å². The lowest BCUT2D eigenvalue weighted by Gasteiger charge is -2.25. The summed E-state index contributed by atoms with van der Waals surface area (Å²) in [5, 5.41) is 2.57. The zero-order valence-corrected chi connectivity index (χ0v) is 14.1. The van der Waals surface area contributed by atoms with Crippen molar-refractivity contribution in [1.29, 1.82) is 0 Å². The van der Waals surface area contributed by atoms with Crippen LogP contribution in [0, 0.1) is 18.7 Å². The molecule has 0 bridgehead atoms. The minimum Gasteiger partial charge on any atom is -0.355 e. The molecule has 2 N–H and O–H groups in total. The average molecular weight is 342 g/mol. The van der Waals surface area contributed by atoms with Crippen molar-refractivity contribution in [2.45, 2.75) is 32.6 Å². The molecule has 0 spiro atoms. The van der Waals surface area contributed by atoms with Crippen LogP contribution in [0.3, 0.4) is 0 Å². The summed E-state index contributed by atoms with van der Waals surface area (Å²) in [4.78, 5) is 11.8. The quantitative estimate of drug-likeness (QED) is 0.752. The molecule has 128 valence electrons. The molecule has 2 rings (SSSR count). The molecule has 1 aliphatic carbocycles. The minimum atomic E-state index is -3.36. The van der Waals surface area contributed by atoms with Crippen LogP contribution in [-0.4, -0.2) is 33.2 Å². The number of halogens is 1. The van der Waals surface area contributed by atoms with E-state index >= 15 is 0 Å². The number of amides is 1.